The maximum Gasteiger partial charge on any atom is -0.00474 e. The van der Waals surface area contributed by atoms with E-state index in [0.717, 1.165) is 0 Å². The molecule has 0 aliphatic carbocycles. The van der Waals surface area contributed by atoms with Crippen molar-refractivity contribution in [2.24, 2.45) is 0 Å². The summed E-state index contributed by atoms with van der Waals surface area (Å²) in [7, 11) is 0. The van der Waals surface area contributed by atoms with Gasteiger partial charge in [0.25, 0.3) is 0 Å². The van der Waals surface area contributed by atoms with E-state index >= 15 is 0 Å². The molecule has 0 fully saturated rings. The smallest absolute Gasteiger partial charge is 0.00474 e. The third-order valence-electron chi connectivity index (χ3n) is 2.56. The molecule has 0 bridgehead atoms. The minimum atomic E-state index is 1.19. The molecular weight excluding hydrogens is 182 g/mol. The van der Waals surface area contributed by atoms with Gasteiger partial charge in [-0.3, -0.25) is 0 Å². The molecule has 0 radical (unpaired) electrons. The van der Waals surface area contributed by atoms with Crippen molar-refractivity contribution in [3.63, 3.8) is 0 Å². The van der Waals surface area contributed by atoms with Gasteiger partial charge in [-0.1, -0.05) is 56.2 Å². The quantitative estimate of drug-likeness (QED) is 0.731. The molecule has 0 atom stereocenters. The first-order valence-corrected chi connectivity index (χ1v) is 5.89. The minimum absolute atomic E-state index is 1.19. The summed E-state index contributed by atoms with van der Waals surface area (Å²) in [6.07, 6.45) is 0. The number of benzene rings is 1. The molecule has 0 amide bonds. The van der Waals surface area contributed by atoms with Crippen molar-refractivity contribution < 1.29 is 0 Å². The maximum absolute atomic E-state index is 2.38. The summed E-state index contributed by atoms with van der Waals surface area (Å²) in [4.78, 5) is 2.38. The van der Waals surface area contributed by atoms with Crippen LogP contribution in [0, 0.1) is 13.8 Å². The summed E-state index contributed by atoms with van der Waals surface area (Å²) in [5.41, 5.74) is 2.66. The molecule has 86 valence electrons. The van der Waals surface area contributed by atoms with E-state index in [1.807, 2.05) is 0 Å². The summed E-state index contributed by atoms with van der Waals surface area (Å²) in [6, 6.07) is 8.48. The fraction of sp³-hybridized carbons (Fsp3) is 0.571. The molecule has 1 aromatic carbocycles. The molecule has 0 aliphatic heterocycles. The van der Waals surface area contributed by atoms with Gasteiger partial charge in [0.1, 0.15) is 0 Å². The van der Waals surface area contributed by atoms with Crippen molar-refractivity contribution in [3.8, 4) is 0 Å². The molecule has 1 nitrogen and oxygen atoms in total. The van der Waals surface area contributed by atoms with Crippen LogP contribution < -0.4 is 0 Å². The van der Waals surface area contributed by atoms with Crippen LogP contribution in [0.5, 0.6) is 0 Å². The first kappa shape index (κ1) is 14.2. The number of rotatable bonds is 3. The summed E-state index contributed by atoms with van der Waals surface area (Å²) >= 11 is 0. The lowest BCUT2D eigenvalue weighted by Crippen LogP contribution is -2.21. The lowest BCUT2D eigenvalue weighted by molar-refractivity contribution is 0.321. The lowest BCUT2D eigenvalue weighted by Gasteiger charge is -2.13. The van der Waals surface area contributed by atoms with Gasteiger partial charge in [0.05, 0.1) is 0 Å². The van der Waals surface area contributed by atoms with Gasteiger partial charge in [0.15, 0.2) is 0 Å². The topological polar surface area (TPSA) is 3.24 Å². The van der Waals surface area contributed by atoms with Gasteiger partial charge in [-0.05, 0) is 33.5 Å². The summed E-state index contributed by atoms with van der Waals surface area (Å²) < 4.78 is 0. The van der Waals surface area contributed by atoms with Crippen LogP contribution in [0.2, 0.25) is 0 Å². The van der Waals surface area contributed by atoms with Crippen LogP contribution in [0.3, 0.4) is 0 Å². The Balaban J connectivity index is 0.000000265. The SMILES string of the molecule is CCN(CC)CC.Cc1ccc(C)cc1. The fourth-order valence-corrected chi connectivity index (χ4v) is 1.31. The number of nitrogens with zero attached hydrogens (tertiary/aromatic N) is 1. The molecule has 0 saturated carbocycles. The second-order valence-electron chi connectivity index (χ2n) is 3.77. The van der Waals surface area contributed by atoms with Crippen LogP contribution in [0.4, 0.5) is 0 Å². The van der Waals surface area contributed by atoms with Crippen molar-refractivity contribution in [2.75, 3.05) is 19.6 Å². The molecule has 1 rings (SSSR count). The highest BCUT2D eigenvalue weighted by molar-refractivity contribution is 5.19. The van der Waals surface area contributed by atoms with Gasteiger partial charge >= 0.3 is 0 Å². The molecule has 1 aromatic rings. The molecule has 0 unspecified atom stereocenters. The Morgan fingerprint density at radius 1 is 0.733 bits per heavy atom. The van der Waals surface area contributed by atoms with E-state index in [1.165, 1.54) is 30.8 Å². The molecule has 0 N–H and O–H groups in total. The predicted octanol–water partition coefficient (Wildman–Crippen LogP) is 3.65. The largest absolute Gasteiger partial charge is 0.304 e. The highest BCUT2D eigenvalue weighted by atomic mass is 15.1. The Morgan fingerprint density at radius 3 is 1.13 bits per heavy atom. The summed E-state index contributed by atoms with van der Waals surface area (Å²) in [5, 5.41) is 0. The monoisotopic (exact) mass is 207 g/mol. The van der Waals surface area contributed by atoms with Crippen LogP contribution in [0.15, 0.2) is 24.3 Å². The van der Waals surface area contributed by atoms with E-state index in [2.05, 4.69) is 63.8 Å². The zero-order valence-corrected chi connectivity index (χ0v) is 10.9. The van der Waals surface area contributed by atoms with Gasteiger partial charge in [-0.15, -0.1) is 0 Å². The molecule has 0 saturated heterocycles. The van der Waals surface area contributed by atoms with Crippen LogP contribution in [-0.4, -0.2) is 24.5 Å². The van der Waals surface area contributed by atoms with Crippen LogP contribution in [0.1, 0.15) is 31.9 Å². The van der Waals surface area contributed by atoms with Gasteiger partial charge in [0, 0.05) is 0 Å². The molecule has 0 aromatic heterocycles. The predicted molar refractivity (Wildman–Crippen MR) is 69.4 cm³/mol. The van der Waals surface area contributed by atoms with E-state index in [-0.39, 0.29) is 0 Å². The van der Waals surface area contributed by atoms with Gasteiger partial charge in [0.2, 0.25) is 0 Å². The average molecular weight is 207 g/mol. The van der Waals surface area contributed by atoms with Gasteiger partial charge < -0.3 is 4.90 Å². The summed E-state index contributed by atoms with van der Waals surface area (Å²) in [6.45, 7) is 14.3. The Labute approximate surface area is 95.1 Å². The van der Waals surface area contributed by atoms with E-state index < -0.39 is 0 Å². The lowest BCUT2D eigenvalue weighted by atomic mass is 10.2. The molecule has 0 aliphatic rings. The standard InChI is InChI=1S/C8H10.C6H15N/c1-7-3-5-8(2)6-4-7;1-4-7(5-2)6-3/h3-6H,1-2H3;4-6H2,1-3H3. The highest BCUT2D eigenvalue weighted by Crippen LogP contribution is 1.99. The minimum Gasteiger partial charge on any atom is -0.304 e. The fourth-order valence-electron chi connectivity index (χ4n) is 1.31. The van der Waals surface area contributed by atoms with Gasteiger partial charge in [-0.25, -0.2) is 0 Å². The molecule has 0 heterocycles. The Bertz CT molecular complexity index is 208. The normalized spacial score (nSPS) is 9.73. The molecular formula is C14H25N. The van der Waals surface area contributed by atoms with Crippen molar-refractivity contribution >= 4 is 0 Å². The van der Waals surface area contributed by atoms with Crippen LogP contribution >= 0.6 is 0 Å². The first-order chi connectivity index (χ1) is 7.13. The van der Waals surface area contributed by atoms with Crippen LogP contribution in [-0.2, 0) is 0 Å². The third kappa shape index (κ3) is 7.15. The zero-order valence-electron chi connectivity index (χ0n) is 10.9. The van der Waals surface area contributed by atoms with Gasteiger partial charge in [-0.2, -0.15) is 0 Å². The number of hydrogen-bond acceptors (Lipinski definition) is 1. The van der Waals surface area contributed by atoms with Crippen molar-refractivity contribution in [1.29, 1.82) is 0 Å². The average Bonchev–Trinajstić information content (AvgIpc) is 2.26. The Morgan fingerprint density at radius 2 is 1.00 bits per heavy atom. The van der Waals surface area contributed by atoms with Crippen molar-refractivity contribution in [2.45, 2.75) is 34.6 Å². The molecule has 15 heavy (non-hydrogen) atoms. The van der Waals surface area contributed by atoms with E-state index in [9.17, 15) is 0 Å². The Hall–Kier alpha value is -0.820. The van der Waals surface area contributed by atoms with Crippen molar-refractivity contribution in [1.82, 2.24) is 4.90 Å². The second-order valence-corrected chi connectivity index (χ2v) is 3.77. The third-order valence-corrected chi connectivity index (χ3v) is 2.56. The number of hydrogen-bond donors (Lipinski definition) is 0. The maximum atomic E-state index is 2.38. The van der Waals surface area contributed by atoms with Crippen molar-refractivity contribution in [3.05, 3.63) is 35.4 Å². The Kier molecular flexibility index (Phi) is 8.02. The number of aryl methyl sites for hydroxylation is 2. The molecule has 0 spiro atoms. The van der Waals surface area contributed by atoms with E-state index in [0.29, 0.717) is 0 Å². The van der Waals surface area contributed by atoms with E-state index in [4.69, 9.17) is 0 Å². The second kappa shape index (κ2) is 8.49. The zero-order chi connectivity index (χ0) is 11.7. The van der Waals surface area contributed by atoms with E-state index in [1.54, 1.807) is 0 Å². The van der Waals surface area contributed by atoms with Crippen LogP contribution in [0.25, 0.3) is 0 Å². The highest BCUT2D eigenvalue weighted by Gasteiger charge is 1.89. The first-order valence-electron chi connectivity index (χ1n) is 5.89. The summed E-state index contributed by atoms with van der Waals surface area (Å²) in [5.74, 6) is 0. The molecule has 1 heteroatoms.